The quantitative estimate of drug-likeness (QED) is 0.677. The van der Waals surface area contributed by atoms with Crippen molar-refractivity contribution in [3.05, 3.63) is 95.1 Å². The van der Waals surface area contributed by atoms with E-state index in [2.05, 4.69) is 5.32 Å². The molecule has 0 aromatic heterocycles. The van der Waals surface area contributed by atoms with Gasteiger partial charge < -0.3 is 5.32 Å². The normalized spacial score (nSPS) is 13.6. The molecule has 3 aromatic carbocycles. The summed E-state index contributed by atoms with van der Waals surface area (Å²) in [7, 11) is -3.75. The van der Waals surface area contributed by atoms with Crippen LogP contribution in [0.4, 0.5) is 5.69 Å². The van der Waals surface area contributed by atoms with E-state index in [0.29, 0.717) is 18.7 Å². The largest absolute Gasteiger partial charge is 0.348 e. The van der Waals surface area contributed by atoms with Gasteiger partial charge >= 0.3 is 0 Å². The van der Waals surface area contributed by atoms with Gasteiger partial charge in [0.05, 0.1) is 10.6 Å². The predicted octanol–water partition coefficient (Wildman–Crippen LogP) is 4.07. The van der Waals surface area contributed by atoms with Crippen LogP contribution in [0.25, 0.3) is 0 Å². The van der Waals surface area contributed by atoms with Gasteiger partial charge in [-0.25, -0.2) is 8.42 Å². The maximum absolute atomic E-state index is 13.3. The van der Waals surface area contributed by atoms with Crippen molar-refractivity contribution in [2.45, 2.75) is 31.2 Å². The molecule has 0 bridgehead atoms. The van der Waals surface area contributed by atoms with Gasteiger partial charge in [0.25, 0.3) is 15.9 Å². The van der Waals surface area contributed by atoms with Gasteiger partial charge in [-0.3, -0.25) is 9.10 Å². The molecule has 0 aliphatic carbocycles. The van der Waals surface area contributed by atoms with Gasteiger partial charge in [0.15, 0.2) is 0 Å². The molecule has 4 rings (SSSR count). The number of anilines is 1. The second kappa shape index (κ2) is 8.32. The third kappa shape index (κ3) is 3.96. The summed E-state index contributed by atoms with van der Waals surface area (Å²) in [5, 5.41) is 2.88. The molecule has 30 heavy (non-hydrogen) atoms. The zero-order chi connectivity index (χ0) is 21.1. The van der Waals surface area contributed by atoms with Crippen LogP contribution in [0.2, 0.25) is 0 Å². The summed E-state index contributed by atoms with van der Waals surface area (Å²) in [6, 6.07) is 21.7. The number of nitrogens with one attached hydrogen (secondary N) is 1. The smallest absolute Gasteiger partial charge is 0.264 e. The van der Waals surface area contributed by atoms with Crippen LogP contribution < -0.4 is 9.62 Å². The van der Waals surface area contributed by atoms with Gasteiger partial charge in [-0.05, 0) is 60.7 Å². The van der Waals surface area contributed by atoms with E-state index in [1.54, 1.807) is 18.2 Å². The molecule has 5 nitrogen and oxygen atoms in total. The highest BCUT2D eigenvalue weighted by atomic mass is 32.2. The fraction of sp³-hybridized carbons (Fsp3) is 0.208. The number of sulfonamides is 1. The number of hydrogen-bond acceptors (Lipinski definition) is 3. The molecular formula is C24H24N2O3S. The molecule has 0 unspecified atom stereocenters. The lowest BCUT2D eigenvalue weighted by Crippen LogP contribution is -2.35. The van der Waals surface area contributed by atoms with E-state index in [4.69, 9.17) is 0 Å². The molecule has 154 valence electrons. The highest BCUT2D eigenvalue weighted by Crippen LogP contribution is 2.31. The van der Waals surface area contributed by atoms with Crippen LogP contribution in [0.15, 0.2) is 77.7 Å². The summed E-state index contributed by atoms with van der Waals surface area (Å²) in [5.74, 6) is -0.297. The maximum Gasteiger partial charge on any atom is 0.264 e. The molecule has 1 aliphatic rings. The van der Waals surface area contributed by atoms with E-state index >= 15 is 0 Å². The first-order valence-corrected chi connectivity index (χ1v) is 11.4. The molecule has 6 heteroatoms. The molecule has 3 aromatic rings. The zero-order valence-electron chi connectivity index (χ0n) is 16.8. The first-order chi connectivity index (χ1) is 14.5. The summed E-state index contributed by atoms with van der Waals surface area (Å²) >= 11 is 0. The van der Waals surface area contributed by atoms with E-state index in [1.165, 1.54) is 10.4 Å². The molecule has 1 N–H and O–H groups in total. The van der Waals surface area contributed by atoms with E-state index < -0.39 is 10.0 Å². The molecule has 1 aliphatic heterocycles. The Morgan fingerprint density at radius 3 is 2.60 bits per heavy atom. The zero-order valence-corrected chi connectivity index (χ0v) is 17.7. The topological polar surface area (TPSA) is 66.5 Å². The lowest BCUT2D eigenvalue weighted by atomic mass is 10.0. The van der Waals surface area contributed by atoms with Crippen LogP contribution in [0, 0.1) is 6.92 Å². The second-order valence-electron chi connectivity index (χ2n) is 7.45. The number of benzene rings is 3. The average molecular weight is 421 g/mol. The molecule has 0 fully saturated rings. The minimum atomic E-state index is -3.75. The molecule has 0 saturated carbocycles. The molecule has 0 atom stereocenters. The predicted molar refractivity (Wildman–Crippen MR) is 118 cm³/mol. The Morgan fingerprint density at radius 2 is 1.77 bits per heavy atom. The van der Waals surface area contributed by atoms with Crippen molar-refractivity contribution in [3.63, 3.8) is 0 Å². The summed E-state index contributed by atoms with van der Waals surface area (Å²) in [6.45, 7) is 2.82. The Hall–Kier alpha value is -3.12. The summed E-state index contributed by atoms with van der Waals surface area (Å²) < 4.78 is 28.1. The van der Waals surface area contributed by atoms with Gasteiger partial charge in [-0.15, -0.1) is 0 Å². The number of amides is 1. The SMILES string of the molecule is Cc1ccccc1CNC(=O)c1cccc(S(=O)(=O)N2CCCc3ccccc32)c1. The number of nitrogens with zero attached hydrogens (tertiary/aromatic N) is 1. The van der Waals surface area contributed by atoms with Crippen molar-refractivity contribution in [1.82, 2.24) is 5.32 Å². The van der Waals surface area contributed by atoms with Gasteiger partial charge in [0, 0.05) is 18.7 Å². The lowest BCUT2D eigenvalue weighted by molar-refractivity contribution is 0.0950. The van der Waals surface area contributed by atoms with Gasteiger partial charge in [-0.2, -0.15) is 0 Å². The number of carbonyl (C=O) groups is 1. The highest BCUT2D eigenvalue weighted by molar-refractivity contribution is 7.92. The Kier molecular flexibility index (Phi) is 5.59. The molecular weight excluding hydrogens is 396 g/mol. The number of para-hydroxylation sites is 1. The van der Waals surface area contributed by atoms with E-state index in [9.17, 15) is 13.2 Å². The fourth-order valence-corrected chi connectivity index (χ4v) is 5.35. The Bertz CT molecular complexity index is 1190. The van der Waals surface area contributed by atoms with Crippen LogP contribution in [0.1, 0.15) is 33.5 Å². The second-order valence-corrected chi connectivity index (χ2v) is 9.31. The summed E-state index contributed by atoms with van der Waals surface area (Å²) in [6.07, 6.45) is 1.64. The van der Waals surface area contributed by atoms with Crippen LogP contribution >= 0.6 is 0 Å². The van der Waals surface area contributed by atoms with Gasteiger partial charge in [-0.1, -0.05) is 48.5 Å². The van der Waals surface area contributed by atoms with Crippen molar-refractivity contribution >= 4 is 21.6 Å². The maximum atomic E-state index is 13.3. The van der Waals surface area contributed by atoms with Crippen molar-refractivity contribution < 1.29 is 13.2 Å². The van der Waals surface area contributed by atoms with Crippen LogP contribution in [0.3, 0.4) is 0 Å². The number of fused-ring (bicyclic) bond motifs is 1. The molecule has 1 heterocycles. The Labute approximate surface area is 177 Å². The van der Waals surface area contributed by atoms with Gasteiger partial charge in [0.2, 0.25) is 0 Å². The molecule has 0 spiro atoms. The fourth-order valence-electron chi connectivity index (χ4n) is 3.76. The number of aryl methyl sites for hydroxylation is 2. The van der Waals surface area contributed by atoms with E-state index in [1.807, 2.05) is 55.5 Å². The minimum absolute atomic E-state index is 0.128. The van der Waals surface area contributed by atoms with Crippen LogP contribution in [-0.2, 0) is 23.0 Å². The highest BCUT2D eigenvalue weighted by Gasteiger charge is 2.29. The molecule has 0 radical (unpaired) electrons. The Morgan fingerprint density at radius 1 is 1.00 bits per heavy atom. The van der Waals surface area contributed by atoms with Crippen LogP contribution in [0.5, 0.6) is 0 Å². The van der Waals surface area contributed by atoms with Crippen LogP contribution in [-0.4, -0.2) is 20.9 Å². The van der Waals surface area contributed by atoms with Crippen molar-refractivity contribution in [2.75, 3.05) is 10.8 Å². The van der Waals surface area contributed by atoms with Crippen molar-refractivity contribution in [2.24, 2.45) is 0 Å². The van der Waals surface area contributed by atoms with E-state index in [0.717, 1.165) is 35.2 Å². The molecule has 0 saturated heterocycles. The van der Waals surface area contributed by atoms with Crippen molar-refractivity contribution in [1.29, 1.82) is 0 Å². The first kappa shape index (κ1) is 20.2. The number of rotatable bonds is 5. The monoisotopic (exact) mass is 420 g/mol. The summed E-state index contributed by atoms with van der Waals surface area (Å²) in [5.41, 5.74) is 4.20. The van der Waals surface area contributed by atoms with Crippen molar-refractivity contribution in [3.8, 4) is 0 Å². The average Bonchev–Trinajstić information content (AvgIpc) is 2.78. The summed E-state index contributed by atoms with van der Waals surface area (Å²) in [4.78, 5) is 12.8. The first-order valence-electron chi connectivity index (χ1n) is 10.0. The Balaban J connectivity index is 1.57. The lowest BCUT2D eigenvalue weighted by Gasteiger charge is -2.30. The van der Waals surface area contributed by atoms with Gasteiger partial charge in [0.1, 0.15) is 0 Å². The standard InChI is InChI=1S/C24H24N2O3S/c1-18-8-2-3-10-21(18)17-25-24(27)20-11-6-13-22(16-20)30(28,29)26-15-7-12-19-9-4-5-14-23(19)26/h2-6,8-11,13-14,16H,7,12,15,17H2,1H3,(H,25,27). The minimum Gasteiger partial charge on any atom is -0.348 e. The third-order valence-corrected chi connectivity index (χ3v) is 7.26. The third-order valence-electron chi connectivity index (χ3n) is 5.45. The molecule has 1 amide bonds. The number of carbonyl (C=O) groups excluding carboxylic acids is 1. The number of hydrogen-bond donors (Lipinski definition) is 1. The van der Waals surface area contributed by atoms with E-state index in [-0.39, 0.29) is 10.8 Å².